The van der Waals surface area contributed by atoms with Crippen molar-refractivity contribution in [1.82, 2.24) is 4.98 Å². The highest BCUT2D eigenvalue weighted by Gasteiger charge is 2.33. The fourth-order valence-electron chi connectivity index (χ4n) is 2.30. The van der Waals surface area contributed by atoms with Crippen molar-refractivity contribution in [3.05, 3.63) is 40.2 Å². The van der Waals surface area contributed by atoms with E-state index < -0.39 is 5.97 Å². The summed E-state index contributed by atoms with van der Waals surface area (Å²) >= 11 is 1.70. The van der Waals surface area contributed by atoms with Gasteiger partial charge in [-0.1, -0.05) is 6.07 Å². The molecule has 0 spiro atoms. The summed E-state index contributed by atoms with van der Waals surface area (Å²) < 4.78 is 4.86. The third-order valence-electron chi connectivity index (χ3n) is 3.46. The van der Waals surface area contributed by atoms with Gasteiger partial charge in [-0.3, -0.25) is 0 Å². The first-order valence-corrected chi connectivity index (χ1v) is 7.70. The molecule has 0 unspecified atom stereocenters. The van der Waals surface area contributed by atoms with Gasteiger partial charge in [0.25, 0.3) is 0 Å². The second kappa shape index (κ2) is 5.73. The quantitative estimate of drug-likeness (QED) is 0.860. The van der Waals surface area contributed by atoms with Gasteiger partial charge in [-0.25, -0.2) is 9.78 Å². The summed E-state index contributed by atoms with van der Waals surface area (Å²) in [5.41, 5.74) is 6.66. The SMILES string of the molecule is COC(=O)c1cc(N)cnc1N(Cc1cccs1)C1CC1. The van der Waals surface area contributed by atoms with E-state index >= 15 is 0 Å². The van der Waals surface area contributed by atoms with Crippen molar-refractivity contribution >= 4 is 28.8 Å². The van der Waals surface area contributed by atoms with Gasteiger partial charge in [-0.2, -0.15) is 0 Å². The van der Waals surface area contributed by atoms with Crippen LogP contribution in [0, 0.1) is 0 Å². The smallest absolute Gasteiger partial charge is 0.341 e. The van der Waals surface area contributed by atoms with E-state index in [-0.39, 0.29) is 0 Å². The average molecular weight is 303 g/mol. The Labute approximate surface area is 127 Å². The van der Waals surface area contributed by atoms with Crippen LogP contribution in [0.15, 0.2) is 29.8 Å². The van der Waals surface area contributed by atoms with Crippen molar-refractivity contribution in [2.45, 2.75) is 25.4 Å². The molecule has 2 N–H and O–H groups in total. The Morgan fingerprint density at radius 1 is 1.57 bits per heavy atom. The Morgan fingerprint density at radius 3 is 3.00 bits per heavy atom. The number of aromatic nitrogens is 1. The number of thiophene rings is 1. The summed E-state index contributed by atoms with van der Waals surface area (Å²) in [7, 11) is 1.37. The first-order chi connectivity index (χ1) is 10.2. The summed E-state index contributed by atoms with van der Waals surface area (Å²) in [5, 5.41) is 2.05. The van der Waals surface area contributed by atoms with Crippen molar-refractivity contribution in [3.63, 3.8) is 0 Å². The highest BCUT2D eigenvalue weighted by molar-refractivity contribution is 7.09. The molecule has 0 radical (unpaired) electrons. The summed E-state index contributed by atoms with van der Waals surface area (Å²) in [5.74, 6) is 0.258. The number of nitrogens with two attached hydrogens (primary N) is 1. The van der Waals surface area contributed by atoms with Gasteiger partial charge in [0.05, 0.1) is 25.5 Å². The molecule has 5 nitrogen and oxygen atoms in total. The third-order valence-corrected chi connectivity index (χ3v) is 4.32. The molecule has 0 atom stereocenters. The standard InChI is InChI=1S/C15H17N3O2S/c1-20-15(19)13-7-10(16)8-17-14(13)18(11-4-5-11)9-12-3-2-6-21-12/h2-3,6-8,11H,4-5,9,16H2,1H3. The molecule has 2 aromatic rings. The van der Waals surface area contributed by atoms with Crippen LogP contribution in [0.3, 0.4) is 0 Å². The van der Waals surface area contributed by atoms with Crippen molar-refractivity contribution in [2.75, 3.05) is 17.7 Å². The summed E-state index contributed by atoms with van der Waals surface area (Å²) in [4.78, 5) is 19.8. The normalized spacial score (nSPS) is 14.0. The molecule has 6 heteroatoms. The van der Waals surface area contributed by atoms with Gasteiger partial charge in [-0.15, -0.1) is 11.3 Å². The second-order valence-electron chi connectivity index (χ2n) is 5.07. The fourth-order valence-corrected chi connectivity index (χ4v) is 3.00. The first kappa shape index (κ1) is 13.9. The van der Waals surface area contributed by atoms with E-state index in [0.29, 0.717) is 23.1 Å². The van der Waals surface area contributed by atoms with Crippen LogP contribution in [0.1, 0.15) is 28.1 Å². The zero-order valence-electron chi connectivity index (χ0n) is 11.8. The van der Waals surface area contributed by atoms with E-state index in [0.717, 1.165) is 19.4 Å². The molecule has 1 fully saturated rings. The van der Waals surface area contributed by atoms with Gasteiger partial charge < -0.3 is 15.4 Å². The van der Waals surface area contributed by atoms with Crippen LogP contribution >= 0.6 is 11.3 Å². The molecule has 0 aliphatic heterocycles. The molecule has 0 saturated heterocycles. The molecular formula is C15H17N3O2S. The number of esters is 1. The second-order valence-corrected chi connectivity index (χ2v) is 6.10. The van der Waals surface area contributed by atoms with Crippen LogP contribution in [-0.4, -0.2) is 24.1 Å². The van der Waals surface area contributed by atoms with Gasteiger partial charge in [0.1, 0.15) is 11.4 Å². The number of pyridine rings is 1. The molecule has 1 aliphatic carbocycles. The van der Waals surface area contributed by atoms with E-state index in [9.17, 15) is 4.79 Å². The molecule has 0 aromatic carbocycles. The maximum atomic E-state index is 12.0. The predicted octanol–water partition coefficient (Wildman–Crippen LogP) is 2.68. The largest absolute Gasteiger partial charge is 0.465 e. The minimum atomic E-state index is -0.401. The number of nitrogens with zero attached hydrogens (tertiary/aromatic N) is 2. The molecule has 21 heavy (non-hydrogen) atoms. The summed E-state index contributed by atoms with van der Waals surface area (Å²) in [6, 6.07) is 6.20. The number of carbonyl (C=O) groups is 1. The molecule has 2 heterocycles. The Balaban J connectivity index is 1.97. The maximum absolute atomic E-state index is 12.0. The van der Waals surface area contributed by atoms with Crippen LogP contribution < -0.4 is 10.6 Å². The number of carbonyl (C=O) groups excluding carboxylic acids is 1. The lowest BCUT2D eigenvalue weighted by atomic mass is 10.2. The van der Waals surface area contributed by atoms with Crippen LogP contribution in [0.5, 0.6) is 0 Å². The minimum absolute atomic E-state index is 0.401. The number of hydrogen-bond donors (Lipinski definition) is 1. The van der Waals surface area contributed by atoms with Crippen LogP contribution in [0.2, 0.25) is 0 Å². The topological polar surface area (TPSA) is 68.5 Å². The molecule has 110 valence electrons. The Bertz CT molecular complexity index is 638. The predicted molar refractivity (Wildman–Crippen MR) is 83.5 cm³/mol. The van der Waals surface area contributed by atoms with E-state index in [1.807, 2.05) is 6.07 Å². The van der Waals surface area contributed by atoms with Gasteiger partial charge in [0.15, 0.2) is 0 Å². The van der Waals surface area contributed by atoms with Gasteiger partial charge in [0, 0.05) is 10.9 Å². The lowest BCUT2D eigenvalue weighted by molar-refractivity contribution is 0.0601. The highest BCUT2D eigenvalue weighted by atomic mass is 32.1. The van der Waals surface area contributed by atoms with Crippen molar-refractivity contribution < 1.29 is 9.53 Å². The van der Waals surface area contributed by atoms with Gasteiger partial charge in [0.2, 0.25) is 0 Å². The fraction of sp³-hybridized carbons (Fsp3) is 0.333. The number of nitrogen functional groups attached to an aromatic ring is 1. The highest BCUT2D eigenvalue weighted by Crippen LogP contribution is 2.35. The number of hydrogen-bond acceptors (Lipinski definition) is 6. The minimum Gasteiger partial charge on any atom is -0.465 e. The number of ether oxygens (including phenoxy) is 1. The van der Waals surface area contributed by atoms with Crippen molar-refractivity contribution in [2.24, 2.45) is 0 Å². The average Bonchev–Trinajstić information content (AvgIpc) is 3.21. The van der Waals surface area contributed by atoms with Crippen molar-refractivity contribution in [3.8, 4) is 0 Å². The molecule has 3 rings (SSSR count). The Hall–Kier alpha value is -2.08. The molecule has 1 saturated carbocycles. The Morgan fingerprint density at radius 2 is 2.38 bits per heavy atom. The zero-order valence-corrected chi connectivity index (χ0v) is 12.6. The first-order valence-electron chi connectivity index (χ1n) is 6.82. The van der Waals surface area contributed by atoms with E-state index in [2.05, 4.69) is 21.3 Å². The monoisotopic (exact) mass is 303 g/mol. The summed E-state index contributed by atoms with van der Waals surface area (Å²) in [6.07, 6.45) is 3.83. The van der Waals surface area contributed by atoms with Gasteiger partial charge >= 0.3 is 5.97 Å². The third kappa shape index (κ3) is 3.00. The molecule has 2 aromatic heterocycles. The van der Waals surface area contributed by atoms with E-state index in [1.165, 1.54) is 12.0 Å². The lowest BCUT2D eigenvalue weighted by Gasteiger charge is -2.24. The Kier molecular flexibility index (Phi) is 3.79. The molecule has 1 aliphatic rings. The van der Waals surface area contributed by atoms with E-state index in [4.69, 9.17) is 10.5 Å². The van der Waals surface area contributed by atoms with Gasteiger partial charge in [-0.05, 0) is 30.4 Å². The van der Waals surface area contributed by atoms with Crippen LogP contribution in [0.4, 0.5) is 11.5 Å². The zero-order chi connectivity index (χ0) is 14.8. The molecular weight excluding hydrogens is 286 g/mol. The van der Waals surface area contributed by atoms with Crippen LogP contribution in [-0.2, 0) is 11.3 Å². The lowest BCUT2D eigenvalue weighted by Crippen LogP contribution is -2.28. The maximum Gasteiger partial charge on any atom is 0.341 e. The number of rotatable bonds is 5. The number of methoxy groups -OCH3 is 1. The van der Waals surface area contributed by atoms with Crippen LogP contribution in [0.25, 0.3) is 0 Å². The number of anilines is 2. The summed E-state index contributed by atoms with van der Waals surface area (Å²) in [6.45, 7) is 0.753. The molecule has 0 bridgehead atoms. The van der Waals surface area contributed by atoms with E-state index in [1.54, 1.807) is 23.6 Å². The van der Waals surface area contributed by atoms with Crippen molar-refractivity contribution in [1.29, 1.82) is 0 Å². The molecule has 0 amide bonds.